The molecule has 0 atom stereocenters. The molecular formula is C13H13N3O4. The summed E-state index contributed by atoms with van der Waals surface area (Å²) in [7, 11) is 0. The molecule has 1 aliphatic heterocycles. The van der Waals surface area contributed by atoms with Crippen molar-refractivity contribution in [2.45, 2.75) is 6.92 Å². The van der Waals surface area contributed by atoms with Crippen molar-refractivity contribution in [3.8, 4) is 0 Å². The highest BCUT2D eigenvalue weighted by atomic mass is 16.4. The Morgan fingerprint density at radius 1 is 1.40 bits per heavy atom. The summed E-state index contributed by atoms with van der Waals surface area (Å²) in [5, 5.41) is 10.8. The molecule has 0 aromatic carbocycles. The van der Waals surface area contributed by atoms with Crippen LogP contribution in [0.5, 0.6) is 0 Å². The maximum absolute atomic E-state index is 11.3. The van der Waals surface area contributed by atoms with E-state index in [9.17, 15) is 14.4 Å². The second kappa shape index (κ2) is 5.52. The first-order chi connectivity index (χ1) is 9.45. The van der Waals surface area contributed by atoms with Crippen LogP contribution in [0.25, 0.3) is 6.08 Å². The Bertz CT molecular complexity index is 594. The van der Waals surface area contributed by atoms with Crippen LogP contribution in [-0.4, -0.2) is 41.0 Å². The lowest BCUT2D eigenvalue weighted by atomic mass is 10.1. The van der Waals surface area contributed by atoms with Crippen molar-refractivity contribution >= 4 is 29.7 Å². The maximum Gasteiger partial charge on any atom is 0.328 e. The van der Waals surface area contributed by atoms with E-state index in [4.69, 9.17) is 5.11 Å². The van der Waals surface area contributed by atoms with E-state index in [1.54, 1.807) is 17.9 Å². The molecule has 7 nitrogen and oxygen atoms in total. The number of amides is 2. The number of aliphatic carboxylic acids is 1. The minimum atomic E-state index is -1.04. The molecule has 0 saturated carbocycles. The second-order valence-electron chi connectivity index (χ2n) is 4.41. The lowest BCUT2D eigenvalue weighted by Gasteiger charge is -2.27. The first kappa shape index (κ1) is 13.7. The lowest BCUT2D eigenvalue weighted by Crippen LogP contribution is -2.52. The molecular weight excluding hydrogens is 262 g/mol. The van der Waals surface area contributed by atoms with Crippen molar-refractivity contribution < 1.29 is 19.5 Å². The molecule has 2 rings (SSSR count). The smallest absolute Gasteiger partial charge is 0.328 e. The highest BCUT2D eigenvalue weighted by Crippen LogP contribution is 2.19. The Kier molecular flexibility index (Phi) is 3.79. The van der Waals surface area contributed by atoms with Gasteiger partial charge in [0.1, 0.15) is 5.82 Å². The molecule has 1 aromatic rings. The van der Waals surface area contributed by atoms with E-state index in [-0.39, 0.29) is 24.9 Å². The van der Waals surface area contributed by atoms with Crippen molar-refractivity contribution in [2.75, 3.05) is 18.0 Å². The van der Waals surface area contributed by atoms with Crippen LogP contribution in [0.15, 0.2) is 18.3 Å². The van der Waals surface area contributed by atoms with Gasteiger partial charge in [0, 0.05) is 12.3 Å². The van der Waals surface area contributed by atoms with Crippen LogP contribution in [0.2, 0.25) is 0 Å². The van der Waals surface area contributed by atoms with Gasteiger partial charge in [-0.15, -0.1) is 0 Å². The quantitative estimate of drug-likeness (QED) is 0.592. The molecule has 0 bridgehead atoms. The normalized spacial score (nSPS) is 15.6. The molecule has 0 aliphatic carbocycles. The SMILES string of the molecule is Cc1cc(/C=C/C(=O)O)cnc1N1CC(=O)NC(=O)C1. The summed E-state index contributed by atoms with van der Waals surface area (Å²) in [5.41, 5.74) is 1.40. The van der Waals surface area contributed by atoms with Crippen LogP contribution in [0.4, 0.5) is 5.82 Å². The predicted octanol–water partition coefficient (Wildman–Crippen LogP) is -0.0494. The van der Waals surface area contributed by atoms with Crippen LogP contribution < -0.4 is 10.2 Å². The predicted molar refractivity (Wildman–Crippen MR) is 71.0 cm³/mol. The number of pyridine rings is 1. The fourth-order valence-electron chi connectivity index (χ4n) is 1.97. The Hall–Kier alpha value is -2.70. The Morgan fingerprint density at radius 2 is 2.05 bits per heavy atom. The number of rotatable bonds is 3. The van der Waals surface area contributed by atoms with Crippen molar-refractivity contribution in [3.05, 3.63) is 29.5 Å². The van der Waals surface area contributed by atoms with E-state index in [2.05, 4.69) is 10.3 Å². The van der Waals surface area contributed by atoms with E-state index in [1.807, 2.05) is 0 Å². The number of imide groups is 1. The molecule has 0 radical (unpaired) electrons. The maximum atomic E-state index is 11.3. The number of hydrogen-bond donors (Lipinski definition) is 2. The Morgan fingerprint density at radius 3 is 2.60 bits per heavy atom. The number of carbonyl (C=O) groups excluding carboxylic acids is 2. The zero-order valence-electron chi connectivity index (χ0n) is 10.8. The third-order valence-electron chi connectivity index (χ3n) is 2.74. The van der Waals surface area contributed by atoms with Crippen LogP contribution in [-0.2, 0) is 14.4 Å². The van der Waals surface area contributed by atoms with Gasteiger partial charge in [-0.25, -0.2) is 9.78 Å². The second-order valence-corrected chi connectivity index (χ2v) is 4.41. The fraction of sp³-hybridized carbons (Fsp3) is 0.231. The Balaban J connectivity index is 2.23. The number of aromatic nitrogens is 1. The highest BCUT2D eigenvalue weighted by Gasteiger charge is 2.24. The zero-order valence-corrected chi connectivity index (χ0v) is 10.8. The average Bonchev–Trinajstić information content (AvgIpc) is 2.35. The number of nitrogens with one attached hydrogen (secondary N) is 1. The number of hydrogen-bond acceptors (Lipinski definition) is 5. The van der Waals surface area contributed by atoms with Crippen molar-refractivity contribution in [1.29, 1.82) is 0 Å². The molecule has 1 saturated heterocycles. The topological polar surface area (TPSA) is 99.6 Å². The van der Waals surface area contributed by atoms with Crippen molar-refractivity contribution in [1.82, 2.24) is 10.3 Å². The van der Waals surface area contributed by atoms with E-state index in [0.717, 1.165) is 11.6 Å². The van der Waals surface area contributed by atoms with Gasteiger partial charge in [0.2, 0.25) is 11.8 Å². The van der Waals surface area contributed by atoms with E-state index >= 15 is 0 Å². The van der Waals surface area contributed by atoms with Crippen molar-refractivity contribution in [3.63, 3.8) is 0 Å². The van der Waals surface area contributed by atoms with Gasteiger partial charge in [0.05, 0.1) is 13.1 Å². The summed E-state index contributed by atoms with van der Waals surface area (Å²) in [4.78, 5) is 38.9. The van der Waals surface area contributed by atoms with E-state index < -0.39 is 5.97 Å². The molecule has 1 fully saturated rings. The molecule has 2 amide bonds. The van der Waals surface area contributed by atoms with Gasteiger partial charge < -0.3 is 10.0 Å². The zero-order chi connectivity index (χ0) is 14.7. The van der Waals surface area contributed by atoms with Crippen LogP contribution in [0, 0.1) is 6.92 Å². The number of nitrogens with zero attached hydrogens (tertiary/aromatic N) is 2. The molecule has 20 heavy (non-hydrogen) atoms. The number of carboxylic acids is 1. The Labute approximate surface area is 114 Å². The van der Waals surface area contributed by atoms with Crippen LogP contribution in [0.1, 0.15) is 11.1 Å². The molecule has 104 valence electrons. The van der Waals surface area contributed by atoms with E-state index in [1.165, 1.54) is 12.3 Å². The number of piperazine rings is 1. The summed E-state index contributed by atoms with van der Waals surface area (Å²) >= 11 is 0. The number of carboxylic acid groups (broad SMARTS) is 1. The molecule has 1 aliphatic rings. The summed E-state index contributed by atoms with van der Waals surface area (Å²) in [6.45, 7) is 1.94. The highest BCUT2D eigenvalue weighted by molar-refractivity contribution is 6.02. The molecule has 0 unspecified atom stereocenters. The summed E-state index contributed by atoms with van der Waals surface area (Å²) in [6, 6.07) is 1.75. The van der Waals surface area contributed by atoms with Gasteiger partial charge in [0.25, 0.3) is 0 Å². The summed E-state index contributed by atoms with van der Waals surface area (Å²) in [5.74, 6) is -1.22. The third-order valence-corrected chi connectivity index (χ3v) is 2.74. The molecule has 0 spiro atoms. The monoisotopic (exact) mass is 275 g/mol. The van der Waals surface area contributed by atoms with Crippen molar-refractivity contribution in [2.24, 2.45) is 0 Å². The minimum Gasteiger partial charge on any atom is -0.478 e. The standard InChI is InChI=1S/C13H13N3O4/c1-8-4-9(2-3-12(19)20)5-14-13(8)16-6-10(17)15-11(18)7-16/h2-5H,6-7H2,1H3,(H,19,20)(H,15,17,18)/b3-2+. The molecule has 7 heteroatoms. The fourth-order valence-corrected chi connectivity index (χ4v) is 1.97. The summed E-state index contributed by atoms with van der Waals surface area (Å²) in [6.07, 6.45) is 3.95. The first-order valence-electron chi connectivity index (χ1n) is 5.91. The average molecular weight is 275 g/mol. The van der Waals surface area contributed by atoms with E-state index in [0.29, 0.717) is 11.4 Å². The largest absolute Gasteiger partial charge is 0.478 e. The number of aryl methyl sites for hydroxylation is 1. The third kappa shape index (κ3) is 3.19. The van der Waals surface area contributed by atoms with Gasteiger partial charge >= 0.3 is 5.97 Å². The van der Waals surface area contributed by atoms with Gasteiger partial charge in [-0.05, 0) is 30.2 Å². The van der Waals surface area contributed by atoms with Crippen LogP contribution >= 0.6 is 0 Å². The summed E-state index contributed by atoms with van der Waals surface area (Å²) < 4.78 is 0. The lowest BCUT2D eigenvalue weighted by molar-refractivity contribution is -0.132. The van der Waals surface area contributed by atoms with Crippen LogP contribution in [0.3, 0.4) is 0 Å². The van der Waals surface area contributed by atoms with Gasteiger partial charge in [-0.3, -0.25) is 14.9 Å². The molecule has 1 aromatic heterocycles. The first-order valence-corrected chi connectivity index (χ1v) is 5.91. The minimum absolute atomic E-state index is 0.0733. The van der Waals surface area contributed by atoms with Gasteiger partial charge in [-0.2, -0.15) is 0 Å². The molecule has 2 N–H and O–H groups in total. The number of carbonyl (C=O) groups is 3. The molecule has 2 heterocycles. The van der Waals surface area contributed by atoms with Gasteiger partial charge in [-0.1, -0.05) is 0 Å². The van der Waals surface area contributed by atoms with Gasteiger partial charge in [0.15, 0.2) is 0 Å². The number of anilines is 1.